The Morgan fingerprint density at radius 2 is 2.10 bits per heavy atom. The molecule has 0 saturated heterocycles. The van der Waals surface area contributed by atoms with E-state index in [1.807, 2.05) is 17.5 Å². The second-order valence-electron chi connectivity index (χ2n) is 4.00. The predicted octanol–water partition coefficient (Wildman–Crippen LogP) is 4.78. The summed E-state index contributed by atoms with van der Waals surface area (Å²) in [6.07, 6.45) is 1.54. The van der Waals surface area contributed by atoms with E-state index in [1.165, 1.54) is 0 Å². The molecule has 6 heteroatoms. The number of hydrogen-bond acceptors (Lipinski definition) is 3. The Hall–Kier alpha value is -1.80. The molecule has 0 fully saturated rings. The van der Waals surface area contributed by atoms with E-state index in [4.69, 9.17) is 23.2 Å². The molecule has 0 aliphatic rings. The molecule has 20 heavy (non-hydrogen) atoms. The van der Waals surface area contributed by atoms with Gasteiger partial charge < -0.3 is 0 Å². The summed E-state index contributed by atoms with van der Waals surface area (Å²) in [7, 11) is 0. The zero-order valence-electron chi connectivity index (χ0n) is 10.0. The summed E-state index contributed by atoms with van der Waals surface area (Å²) < 4.78 is 1.67. The molecule has 0 radical (unpaired) electrons. The van der Waals surface area contributed by atoms with Crippen molar-refractivity contribution in [3.05, 3.63) is 57.5 Å². The number of nitriles is 1. The van der Waals surface area contributed by atoms with Crippen LogP contribution in [0.5, 0.6) is 0 Å². The van der Waals surface area contributed by atoms with Gasteiger partial charge in [-0.25, -0.2) is 4.68 Å². The molecule has 0 saturated carbocycles. The average Bonchev–Trinajstić information content (AvgIpc) is 3.06. The standard InChI is InChI=1S/C14H7Cl2N3S/c15-10-3-4-12(11(16)6-10)19-14(9(7-17)8-18-19)13-2-1-5-20-13/h1-6,8H. The van der Waals surface area contributed by atoms with Crippen molar-refractivity contribution in [3.8, 4) is 22.3 Å². The second-order valence-corrected chi connectivity index (χ2v) is 5.79. The van der Waals surface area contributed by atoms with Gasteiger partial charge in [-0.1, -0.05) is 29.3 Å². The first-order valence-electron chi connectivity index (χ1n) is 5.68. The van der Waals surface area contributed by atoms with Gasteiger partial charge in [0.25, 0.3) is 0 Å². The summed E-state index contributed by atoms with van der Waals surface area (Å²) in [5, 5.41) is 16.5. The Morgan fingerprint density at radius 1 is 1.25 bits per heavy atom. The third-order valence-electron chi connectivity index (χ3n) is 2.78. The minimum Gasteiger partial charge on any atom is -0.229 e. The molecule has 0 atom stereocenters. The van der Waals surface area contributed by atoms with Crippen LogP contribution in [0.2, 0.25) is 10.0 Å². The smallest absolute Gasteiger partial charge is 0.103 e. The van der Waals surface area contributed by atoms with E-state index < -0.39 is 0 Å². The zero-order chi connectivity index (χ0) is 14.1. The first-order chi connectivity index (χ1) is 9.70. The van der Waals surface area contributed by atoms with Crippen molar-refractivity contribution in [2.24, 2.45) is 0 Å². The summed E-state index contributed by atoms with van der Waals surface area (Å²) in [4.78, 5) is 0.963. The molecule has 0 aliphatic heterocycles. The lowest BCUT2D eigenvalue weighted by molar-refractivity contribution is 0.890. The Kier molecular flexibility index (Phi) is 3.49. The fourth-order valence-electron chi connectivity index (χ4n) is 1.92. The zero-order valence-corrected chi connectivity index (χ0v) is 12.4. The Bertz CT molecular complexity index is 800. The molecule has 3 rings (SSSR count). The minimum atomic E-state index is 0.489. The summed E-state index contributed by atoms with van der Waals surface area (Å²) in [6.45, 7) is 0. The Balaban J connectivity index is 2.25. The molecular weight excluding hydrogens is 313 g/mol. The molecule has 98 valence electrons. The van der Waals surface area contributed by atoms with Crippen LogP contribution in [-0.2, 0) is 0 Å². The highest BCUT2D eigenvalue weighted by Crippen LogP contribution is 2.32. The molecule has 1 aromatic carbocycles. The van der Waals surface area contributed by atoms with Crippen molar-refractivity contribution in [1.82, 2.24) is 9.78 Å². The monoisotopic (exact) mass is 319 g/mol. The normalized spacial score (nSPS) is 10.4. The van der Waals surface area contributed by atoms with E-state index >= 15 is 0 Å². The van der Waals surface area contributed by atoms with E-state index in [2.05, 4.69) is 11.2 Å². The number of nitrogens with zero attached hydrogens (tertiary/aromatic N) is 3. The van der Waals surface area contributed by atoms with Crippen LogP contribution < -0.4 is 0 Å². The lowest BCUT2D eigenvalue weighted by atomic mass is 10.2. The van der Waals surface area contributed by atoms with Gasteiger partial charge >= 0.3 is 0 Å². The van der Waals surface area contributed by atoms with E-state index in [9.17, 15) is 5.26 Å². The summed E-state index contributed by atoms with van der Waals surface area (Å²) in [6, 6.07) is 11.2. The van der Waals surface area contributed by atoms with Gasteiger partial charge in [-0.05, 0) is 29.6 Å². The summed E-state index contributed by atoms with van der Waals surface area (Å²) >= 11 is 13.7. The van der Waals surface area contributed by atoms with Crippen LogP contribution in [0.1, 0.15) is 5.56 Å². The van der Waals surface area contributed by atoms with Crippen LogP contribution in [0.3, 0.4) is 0 Å². The Labute approximate surface area is 129 Å². The summed E-state index contributed by atoms with van der Waals surface area (Å²) in [5.74, 6) is 0. The van der Waals surface area contributed by atoms with Gasteiger partial charge in [0.2, 0.25) is 0 Å². The highest BCUT2D eigenvalue weighted by Gasteiger charge is 2.16. The number of aromatic nitrogens is 2. The lowest BCUT2D eigenvalue weighted by Crippen LogP contribution is -1.99. The fraction of sp³-hybridized carbons (Fsp3) is 0. The molecular formula is C14H7Cl2N3S. The molecule has 3 nitrogen and oxygen atoms in total. The average molecular weight is 320 g/mol. The first-order valence-corrected chi connectivity index (χ1v) is 7.31. The molecule has 0 bridgehead atoms. The van der Waals surface area contributed by atoms with Crippen molar-refractivity contribution in [2.45, 2.75) is 0 Å². The van der Waals surface area contributed by atoms with Crippen LogP contribution in [0.25, 0.3) is 16.3 Å². The number of halogens is 2. The molecule has 3 aromatic rings. The van der Waals surface area contributed by atoms with Gasteiger partial charge in [0, 0.05) is 5.02 Å². The van der Waals surface area contributed by atoms with Gasteiger partial charge in [-0.3, -0.25) is 0 Å². The number of benzene rings is 1. The third-order valence-corrected chi connectivity index (χ3v) is 4.20. The van der Waals surface area contributed by atoms with Crippen LogP contribution in [0, 0.1) is 11.3 Å². The molecule has 2 aromatic heterocycles. The van der Waals surface area contributed by atoms with E-state index in [0.717, 1.165) is 10.6 Å². The van der Waals surface area contributed by atoms with Crippen molar-refractivity contribution < 1.29 is 0 Å². The SMILES string of the molecule is N#Cc1cnn(-c2ccc(Cl)cc2Cl)c1-c1cccs1. The van der Waals surface area contributed by atoms with Crippen molar-refractivity contribution in [3.63, 3.8) is 0 Å². The fourth-order valence-corrected chi connectivity index (χ4v) is 3.17. The summed E-state index contributed by atoms with van der Waals surface area (Å²) in [5.41, 5.74) is 1.95. The van der Waals surface area contributed by atoms with Crippen molar-refractivity contribution in [2.75, 3.05) is 0 Å². The van der Waals surface area contributed by atoms with E-state index in [0.29, 0.717) is 21.3 Å². The quantitative estimate of drug-likeness (QED) is 0.682. The van der Waals surface area contributed by atoms with Crippen LogP contribution in [0.15, 0.2) is 41.9 Å². The number of hydrogen-bond donors (Lipinski definition) is 0. The maximum Gasteiger partial charge on any atom is 0.103 e. The van der Waals surface area contributed by atoms with E-state index in [-0.39, 0.29) is 0 Å². The molecule has 0 N–H and O–H groups in total. The van der Waals surface area contributed by atoms with Crippen molar-refractivity contribution in [1.29, 1.82) is 5.26 Å². The number of rotatable bonds is 2. The molecule has 2 heterocycles. The van der Waals surface area contributed by atoms with Gasteiger partial charge in [-0.2, -0.15) is 10.4 Å². The number of thiophene rings is 1. The van der Waals surface area contributed by atoms with Gasteiger partial charge in [0.1, 0.15) is 11.8 Å². The van der Waals surface area contributed by atoms with Crippen LogP contribution in [-0.4, -0.2) is 9.78 Å². The third kappa shape index (κ3) is 2.20. The van der Waals surface area contributed by atoms with Gasteiger partial charge in [0.15, 0.2) is 0 Å². The minimum absolute atomic E-state index is 0.489. The maximum atomic E-state index is 9.24. The van der Waals surface area contributed by atoms with Crippen molar-refractivity contribution >= 4 is 34.5 Å². The highest BCUT2D eigenvalue weighted by molar-refractivity contribution is 7.13. The molecule has 0 unspecified atom stereocenters. The highest BCUT2D eigenvalue weighted by atomic mass is 35.5. The van der Waals surface area contributed by atoms with Crippen LogP contribution in [0.4, 0.5) is 0 Å². The predicted molar refractivity (Wildman–Crippen MR) is 81.6 cm³/mol. The van der Waals surface area contributed by atoms with E-state index in [1.54, 1.807) is 40.4 Å². The molecule has 0 amide bonds. The lowest BCUT2D eigenvalue weighted by Gasteiger charge is -2.08. The van der Waals surface area contributed by atoms with Gasteiger partial charge in [0.05, 0.1) is 27.3 Å². The van der Waals surface area contributed by atoms with Crippen LogP contribution >= 0.6 is 34.5 Å². The Morgan fingerprint density at radius 3 is 2.75 bits per heavy atom. The largest absolute Gasteiger partial charge is 0.229 e. The maximum absolute atomic E-state index is 9.24. The molecule has 0 aliphatic carbocycles. The topological polar surface area (TPSA) is 41.6 Å². The first kappa shape index (κ1) is 13.2. The van der Waals surface area contributed by atoms with Gasteiger partial charge in [-0.15, -0.1) is 11.3 Å². The molecule has 0 spiro atoms. The second kappa shape index (κ2) is 5.29.